The van der Waals surface area contributed by atoms with E-state index < -0.39 is 30.4 Å². The number of hydrogen-bond acceptors (Lipinski definition) is 5. The molecular weight excluding hydrogens is 246 g/mol. The van der Waals surface area contributed by atoms with Crippen LogP contribution in [0.2, 0.25) is 0 Å². The molecular formula is C9H17N3O4S. The van der Waals surface area contributed by atoms with Gasteiger partial charge in [0.2, 0.25) is 11.8 Å². The molecule has 0 aromatic heterocycles. The van der Waals surface area contributed by atoms with Crippen molar-refractivity contribution in [2.24, 2.45) is 5.73 Å². The molecule has 7 nitrogen and oxygen atoms in total. The third-order valence-electron chi connectivity index (χ3n) is 1.86. The van der Waals surface area contributed by atoms with Crippen LogP contribution in [-0.2, 0) is 14.4 Å². The number of nitrogens with two attached hydrogens (primary N) is 1. The minimum Gasteiger partial charge on any atom is -0.480 e. The minimum absolute atomic E-state index is 0.206. The molecule has 17 heavy (non-hydrogen) atoms. The maximum Gasteiger partial charge on any atom is 0.322 e. The molecule has 0 heterocycles. The SMILES string of the molecule is CSCC[C@H](NC(=O)CN)C(=O)NCC(=O)O. The highest BCUT2D eigenvalue weighted by molar-refractivity contribution is 7.98. The zero-order chi connectivity index (χ0) is 13.3. The second-order valence-electron chi connectivity index (χ2n) is 3.22. The number of carboxylic acids is 1. The smallest absolute Gasteiger partial charge is 0.322 e. The summed E-state index contributed by atoms with van der Waals surface area (Å²) in [6, 6.07) is -0.738. The highest BCUT2D eigenvalue weighted by atomic mass is 32.2. The van der Waals surface area contributed by atoms with Gasteiger partial charge in [0.1, 0.15) is 12.6 Å². The van der Waals surface area contributed by atoms with Crippen LogP contribution in [0.15, 0.2) is 0 Å². The summed E-state index contributed by atoms with van der Waals surface area (Å²) in [5, 5.41) is 13.1. The zero-order valence-electron chi connectivity index (χ0n) is 9.56. The minimum atomic E-state index is -1.13. The molecule has 0 aliphatic heterocycles. The van der Waals surface area contributed by atoms with Gasteiger partial charge in [0, 0.05) is 0 Å². The van der Waals surface area contributed by atoms with Crippen molar-refractivity contribution in [1.29, 1.82) is 0 Å². The lowest BCUT2D eigenvalue weighted by Gasteiger charge is -2.16. The zero-order valence-corrected chi connectivity index (χ0v) is 10.4. The van der Waals surface area contributed by atoms with E-state index in [9.17, 15) is 14.4 Å². The van der Waals surface area contributed by atoms with Crippen molar-refractivity contribution in [3.63, 3.8) is 0 Å². The van der Waals surface area contributed by atoms with E-state index in [-0.39, 0.29) is 6.54 Å². The van der Waals surface area contributed by atoms with Crippen molar-refractivity contribution in [2.75, 3.05) is 25.1 Å². The van der Waals surface area contributed by atoms with Crippen LogP contribution in [0.3, 0.4) is 0 Å². The quantitative estimate of drug-likeness (QED) is 0.418. The molecule has 0 unspecified atom stereocenters. The first-order valence-corrected chi connectivity index (χ1v) is 6.38. The van der Waals surface area contributed by atoms with E-state index in [2.05, 4.69) is 10.6 Å². The summed E-state index contributed by atoms with van der Waals surface area (Å²) in [6.45, 7) is -0.672. The van der Waals surface area contributed by atoms with Gasteiger partial charge in [-0.15, -0.1) is 0 Å². The second-order valence-corrected chi connectivity index (χ2v) is 4.20. The Morgan fingerprint density at radius 1 is 1.41 bits per heavy atom. The third-order valence-corrected chi connectivity index (χ3v) is 2.51. The standard InChI is InChI=1S/C9H17N3O4S/c1-17-3-2-6(12-7(13)4-10)9(16)11-5-8(14)15/h6H,2-5,10H2,1H3,(H,11,16)(H,12,13)(H,14,15)/t6-/m0/s1. The number of carboxylic acid groups (broad SMARTS) is 1. The Bertz CT molecular complexity index is 285. The second kappa shape index (κ2) is 8.82. The summed E-state index contributed by atoms with van der Waals surface area (Å²) in [4.78, 5) is 32.9. The van der Waals surface area contributed by atoms with Gasteiger partial charge in [0.15, 0.2) is 0 Å². The Kier molecular flexibility index (Phi) is 8.16. The first-order valence-electron chi connectivity index (χ1n) is 4.99. The highest BCUT2D eigenvalue weighted by Gasteiger charge is 2.19. The average molecular weight is 263 g/mol. The third kappa shape index (κ3) is 7.58. The molecule has 8 heteroatoms. The molecule has 1 atom stereocenters. The predicted molar refractivity (Wildman–Crippen MR) is 64.6 cm³/mol. The molecule has 2 amide bonds. The van der Waals surface area contributed by atoms with Crippen LogP contribution < -0.4 is 16.4 Å². The molecule has 0 aliphatic rings. The van der Waals surface area contributed by atoms with E-state index in [1.54, 1.807) is 0 Å². The van der Waals surface area contributed by atoms with Crippen molar-refractivity contribution < 1.29 is 19.5 Å². The number of hydrogen-bond donors (Lipinski definition) is 4. The molecule has 0 radical (unpaired) electrons. The van der Waals surface area contributed by atoms with E-state index >= 15 is 0 Å². The van der Waals surface area contributed by atoms with Gasteiger partial charge in [-0.1, -0.05) is 0 Å². The summed E-state index contributed by atoms with van der Waals surface area (Å²) in [5.41, 5.74) is 5.13. The maximum atomic E-state index is 11.6. The van der Waals surface area contributed by atoms with Crippen LogP contribution in [-0.4, -0.2) is 54.0 Å². The van der Waals surface area contributed by atoms with Gasteiger partial charge in [-0.2, -0.15) is 11.8 Å². The normalized spacial score (nSPS) is 11.6. The van der Waals surface area contributed by atoms with Crippen LogP contribution in [0.5, 0.6) is 0 Å². The summed E-state index contributed by atoms with van der Waals surface area (Å²) in [7, 11) is 0. The van der Waals surface area contributed by atoms with Crippen LogP contribution in [0.25, 0.3) is 0 Å². The van der Waals surface area contributed by atoms with Gasteiger partial charge in [-0.05, 0) is 18.4 Å². The van der Waals surface area contributed by atoms with E-state index in [4.69, 9.17) is 10.8 Å². The van der Waals surface area contributed by atoms with E-state index in [0.29, 0.717) is 12.2 Å². The van der Waals surface area contributed by atoms with Crippen molar-refractivity contribution in [1.82, 2.24) is 10.6 Å². The maximum absolute atomic E-state index is 11.6. The molecule has 0 saturated heterocycles. The number of thioether (sulfide) groups is 1. The number of rotatable bonds is 8. The monoisotopic (exact) mass is 263 g/mol. The summed E-state index contributed by atoms with van der Waals surface area (Å²) < 4.78 is 0. The molecule has 5 N–H and O–H groups in total. The summed E-state index contributed by atoms with van der Waals surface area (Å²) >= 11 is 1.53. The Labute approximate surface area is 104 Å². The van der Waals surface area contributed by atoms with Gasteiger partial charge in [-0.3, -0.25) is 14.4 Å². The van der Waals surface area contributed by atoms with E-state index in [1.807, 2.05) is 6.26 Å². The fourth-order valence-electron chi connectivity index (χ4n) is 1.04. The lowest BCUT2D eigenvalue weighted by molar-refractivity contribution is -0.138. The van der Waals surface area contributed by atoms with Crippen molar-refractivity contribution in [3.8, 4) is 0 Å². The van der Waals surface area contributed by atoms with Crippen LogP contribution in [0.4, 0.5) is 0 Å². The van der Waals surface area contributed by atoms with Crippen LogP contribution in [0, 0.1) is 0 Å². The number of aliphatic carboxylic acids is 1. The Morgan fingerprint density at radius 2 is 2.06 bits per heavy atom. The molecule has 0 saturated carbocycles. The van der Waals surface area contributed by atoms with Crippen LogP contribution >= 0.6 is 11.8 Å². The van der Waals surface area contributed by atoms with Gasteiger partial charge >= 0.3 is 5.97 Å². The summed E-state index contributed by atoms with van der Waals surface area (Å²) in [6.07, 6.45) is 2.30. The van der Waals surface area contributed by atoms with Gasteiger partial charge in [0.05, 0.1) is 6.54 Å². The predicted octanol–water partition coefficient (Wildman–Crippen LogP) is -1.62. The van der Waals surface area contributed by atoms with Crippen molar-refractivity contribution >= 4 is 29.5 Å². The Balaban J connectivity index is 4.28. The number of nitrogens with one attached hydrogen (secondary N) is 2. The topological polar surface area (TPSA) is 122 Å². The van der Waals surface area contributed by atoms with Crippen molar-refractivity contribution in [3.05, 3.63) is 0 Å². The molecule has 0 rings (SSSR count). The highest BCUT2D eigenvalue weighted by Crippen LogP contribution is 2.00. The first kappa shape index (κ1) is 15.7. The lowest BCUT2D eigenvalue weighted by atomic mass is 10.2. The Hall–Kier alpha value is -1.28. The molecule has 0 aromatic carbocycles. The molecule has 0 spiro atoms. The van der Waals surface area contributed by atoms with Gasteiger partial charge in [0.25, 0.3) is 0 Å². The number of carbonyl (C=O) groups is 3. The summed E-state index contributed by atoms with van der Waals surface area (Å²) in [5.74, 6) is -1.41. The number of amides is 2. The van der Waals surface area contributed by atoms with E-state index in [1.165, 1.54) is 11.8 Å². The van der Waals surface area contributed by atoms with Crippen molar-refractivity contribution in [2.45, 2.75) is 12.5 Å². The van der Waals surface area contributed by atoms with E-state index in [0.717, 1.165) is 0 Å². The van der Waals surface area contributed by atoms with Gasteiger partial charge in [-0.25, -0.2) is 0 Å². The lowest BCUT2D eigenvalue weighted by Crippen LogP contribution is -2.49. The van der Waals surface area contributed by atoms with Crippen LogP contribution in [0.1, 0.15) is 6.42 Å². The molecule has 0 aromatic rings. The molecule has 98 valence electrons. The fraction of sp³-hybridized carbons (Fsp3) is 0.667. The first-order chi connectivity index (χ1) is 8.01. The number of carbonyl (C=O) groups excluding carboxylic acids is 2. The molecule has 0 bridgehead atoms. The Morgan fingerprint density at radius 3 is 2.53 bits per heavy atom. The largest absolute Gasteiger partial charge is 0.480 e. The fourth-order valence-corrected chi connectivity index (χ4v) is 1.52. The van der Waals surface area contributed by atoms with Gasteiger partial charge < -0.3 is 21.5 Å². The average Bonchev–Trinajstić information content (AvgIpc) is 2.30. The molecule has 0 aliphatic carbocycles. The molecule has 0 fully saturated rings.